The summed E-state index contributed by atoms with van der Waals surface area (Å²) in [7, 11) is 2.12. The second kappa shape index (κ2) is 5.34. The van der Waals surface area contributed by atoms with E-state index in [1.165, 1.54) is 0 Å². The van der Waals surface area contributed by atoms with Crippen molar-refractivity contribution in [2.75, 3.05) is 38.7 Å². The van der Waals surface area contributed by atoms with Crippen LogP contribution in [0.1, 0.15) is 16.8 Å². The van der Waals surface area contributed by atoms with Gasteiger partial charge in [0.05, 0.1) is 5.56 Å². The maximum absolute atomic E-state index is 9.20. The monoisotopic (exact) mass is 245 g/mol. The zero-order valence-electron chi connectivity index (χ0n) is 11.2. The van der Waals surface area contributed by atoms with Gasteiger partial charge in [0.1, 0.15) is 6.07 Å². The van der Waals surface area contributed by atoms with Crippen molar-refractivity contribution in [3.8, 4) is 6.07 Å². The van der Waals surface area contributed by atoms with Gasteiger partial charge in [-0.3, -0.25) is 0 Å². The largest absolute Gasteiger partial charge is 0.304 e. The first-order valence-corrected chi connectivity index (χ1v) is 6.18. The Hall–Kier alpha value is -1.64. The Balaban J connectivity index is 2.16. The number of nitrogens with one attached hydrogen (secondary N) is 1. The van der Waals surface area contributed by atoms with Gasteiger partial charge in [0.25, 0.3) is 0 Å². The first-order valence-electron chi connectivity index (χ1n) is 6.18. The predicted molar refractivity (Wildman–Crippen MR) is 71.1 cm³/mol. The highest BCUT2D eigenvalue weighted by atomic mass is 15.5. The third kappa shape index (κ3) is 2.78. The van der Waals surface area contributed by atoms with Gasteiger partial charge in [0.15, 0.2) is 5.82 Å². The highest BCUT2D eigenvalue weighted by Gasteiger charge is 2.16. The molecule has 2 rings (SSSR count). The van der Waals surface area contributed by atoms with Crippen molar-refractivity contribution in [1.82, 2.24) is 14.9 Å². The lowest BCUT2D eigenvalue weighted by molar-refractivity contribution is 0.178. The number of nitriles is 1. The lowest BCUT2D eigenvalue weighted by Gasteiger charge is -2.33. The molecule has 5 heteroatoms. The zero-order valence-corrected chi connectivity index (χ0v) is 11.2. The van der Waals surface area contributed by atoms with Crippen molar-refractivity contribution in [3.63, 3.8) is 0 Å². The number of rotatable bonds is 2. The van der Waals surface area contributed by atoms with Crippen molar-refractivity contribution >= 4 is 5.82 Å². The van der Waals surface area contributed by atoms with Crippen LogP contribution in [-0.4, -0.2) is 48.1 Å². The van der Waals surface area contributed by atoms with Crippen LogP contribution in [0.15, 0.2) is 6.07 Å². The average Bonchev–Trinajstić information content (AvgIpc) is 2.32. The van der Waals surface area contributed by atoms with Gasteiger partial charge in [-0.15, -0.1) is 0 Å². The number of pyridine rings is 1. The van der Waals surface area contributed by atoms with E-state index in [2.05, 4.69) is 33.4 Å². The van der Waals surface area contributed by atoms with Gasteiger partial charge in [-0.25, -0.2) is 9.99 Å². The number of aryl methyl sites for hydroxylation is 2. The van der Waals surface area contributed by atoms with Crippen LogP contribution >= 0.6 is 0 Å². The lowest BCUT2D eigenvalue weighted by Crippen LogP contribution is -2.47. The molecule has 0 aliphatic carbocycles. The number of hydrazine groups is 1. The number of anilines is 1. The number of aromatic nitrogens is 1. The Bertz CT molecular complexity index is 469. The second-order valence-electron chi connectivity index (χ2n) is 4.82. The third-order valence-electron chi connectivity index (χ3n) is 3.22. The Labute approximate surface area is 108 Å². The summed E-state index contributed by atoms with van der Waals surface area (Å²) >= 11 is 0. The molecule has 1 aliphatic rings. The molecule has 1 aliphatic heterocycles. The van der Waals surface area contributed by atoms with E-state index in [9.17, 15) is 5.26 Å². The van der Waals surface area contributed by atoms with Crippen molar-refractivity contribution in [3.05, 3.63) is 22.9 Å². The van der Waals surface area contributed by atoms with Crippen LogP contribution in [0.25, 0.3) is 0 Å². The molecule has 96 valence electrons. The standard InChI is InChI=1S/C13H19N5/c1-10-8-11(2)15-13(12(10)9-14)16-18-6-4-17(3)5-7-18/h8H,4-7H2,1-3H3,(H,15,16). The number of likely N-dealkylation sites (N-methyl/N-ethyl adjacent to an activating group) is 1. The van der Waals surface area contributed by atoms with Crippen molar-refractivity contribution in [2.45, 2.75) is 13.8 Å². The van der Waals surface area contributed by atoms with Crippen LogP contribution in [0.2, 0.25) is 0 Å². The predicted octanol–water partition coefficient (Wildman–Crippen LogP) is 1.14. The van der Waals surface area contributed by atoms with Crippen LogP contribution in [0.4, 0.5) is 5.82 Å². The smallest absolute Gasteiger partial charge is 0.158 e. The minimum atomic E-state index is 0.638. The molecule has 2 heterocycles. The summed E-state index contributed by atoms with van der Waals surface area (Å²) < 4.78 is 0. The molecule has 1 saturated heterocycles. The number of piperazine rings is 1. The number of hydrogen-bond donors (Lipinski definition) is 1. The maximum atomic E-state index is 9.20. The molecule has 1 fully saturated rings. The number of hydrogen-bond acceptors (Lipinski definition) is 5. The summed E-state index contributed by atoms with van der Waals surface area (Å²) in [5.41, 5.74) is 5.82. The fourth-order valence-electron chi connectivity index (χ4n) is 2.13. The summed E-state index contributed by atoms with van der Waals surface area (Å²) in [4.78, 5) is 6.72. The molecular weight excluding hydrogens is 226 g/mol. The fourth-order valence-corrected chi connectivity index (χ4v) is 2.13. The molecule has 1 aromatic heterocycles. The normalized spacial score (nSPS) is 17.4. The van der Waals surface area contributed by atoms with Crippen molar-refractivity contribution in [2.24, 2.45) is 0 Å². The van der Waals surface area contributed by atoms with Gasteiger partial charge in [-0.05, 0) is 32.5 Å². The Kier molecular flexibility index (Phi) is 3.80. The molecule has 0 aromatic carbocycles. The van der Waals surface area contributed by atoms with E-state index < -0.39 is 0 Å². The van der Waals surface area contributed by atoms with Gasteiger partial charge in [0, 0.05) is 31.9 Å². The Morgan fingerprint density at radius 1 is 1.28 bits per heavy atom. The van der Waals surface area contributed by atoms with E-state index in [1.54, 1.807) is 0 Å². The molecule has 0 spiro atoms. The quantitative estimate of drug-likeness (QED) is 0.847. The molecule has 0 saturated carbocycles. The summed E-state index contributed by atoms with van der Waals surface area (Å²) in [5, 5.41) is 11.3. The van der Waals surface area contributed by atoms with E-state index in [1.807, 2.05) is 19.9 Å². The highest BCUT2D eigenvalue weighted by Crippen LogP contribution is 2.18. The molecular formula is C13H19N5. The van der Waals surface area contributed by atoms with Crippen molar-refractivity contribution in [1.29, 1.82) is 5.26 Å². The summed E-state index contributed by atoms with van der Waals surface area (Å²) in [5.74, 6) is 0.680. The van der Waals surface area contributed by atoms with Gasteiger partial charge in [0.2, 0.25) is 0 Å². The molecule has 0 atom stereocenters. The van der Waals surface area contributed by atoms with Crippen LogP contribution in [0.3, 0.4) is 0 Å². The lowest BCUT2D eigenvalue weighted by atomic mass is 10.1. The molecule has 1 aromatic rings. The molecule has 0 unspecified atom stereocenters. The summed E-state index contributed by atoms with van der Waals surface area (Å²) in [6.07, 6.45) is 0. The molecule has 0 amide bonds. The first-order chi connectivity index (χ1) is 8.60. The van der Waals surface area contributed by atoms with E-state index >= 15 is 0 Å². The second-order valence-corrected chi connectivity index (χ2v) is 4.82. The maximum Gasteiger partial charge on any atom is 0.158 e. The van der Waals surface area contributed by atoms with Crippen LogP contribution in [0, 0.1) is 25.2 Å². The van der Waals surface area contributed by atoms with Crippen LogP contribution in [0.5, 0.6) is 0 Å². The van der Waals surface area contributed by atoms with E-state index in [-0.39, 0.29) is 0 Å². The van der Waals surface area contributed by atoms with Crippen LogP contribution in [-0.2, 0) is 0 Å². The third-order valence-corrected chi connectivity index (χ3v) is 3.22. The highest BCUT2D eigenvalue weighted by molar-refractivity contribution is 5.55. The van der Waals surface area contributed by atoms with Gasteiger partial charge in [-0.2, -0.15) is 5.26 Å². The minimum Gasteiger partial charge on any atom is -0.304 e. The van der Waals surface area contributed by atoms with Crippen LogP contribution < -0.4 is 5.43 Å². The van der Waals surface area contributed by atoms with Crippen molar-refractivity contribution < 1.29 is 0 Å². The fraction of sp³-hybridized carbons (Fsp3) is 0.538. The minimum absolute atomic E-state index is 0.638. The summed E-state index contributed by atoms with van der Waals surface area (Å²) in [6, 6.07) is 4.17. The Morgan fingerprint density at radius 2 is 1.94 bits per heavy atom. The zero-order chi connectivity index (χ0) is 13.1. The molecule has 0 bridgehead atoms. The molecule has 0 radical (unpaired) electrons. The first kappa shape index (κ1) is 12.8. The van der Waals surface area contributed by atoms with E-state index in [0.29, 0.717) is 11.4 Å². The average molecular weight is 245 g/mol. The molecule has 5 nitrogen and oxygen atoms in total. The van der Waals surface area contributed by atoms with Gasteiger partial charge < -0.3 is 10.3 Å². The molecule has 18 heavy (non-hydrogen) atoms. The van der Waals surface area contributed by atoms with E-state index in [0.717, 1.165) is 37.4 Å². The SMILES string of the molecule is Cc1cc(C)c(C#N)c(NN2CCN(C)CC2)n1. The summed E-state index contributed by atoms with van der Waals surface area (Å²) in [6.45, 7) is 7.83. The Morgan fingerprint density at radius 3 is 2.56 bits per heavy atom. The topological polar surface area (TPSA) is 55.2 Å². The van der Waals surface area contributed by atoms with E-state index in [4.69, 9.17) is 0 Å². The molecule has 1 N–H and O–H groups in total. The van der Waals surface area contributed by atoms with Gasteiger partial charge in [-0.1, -0.05) is 0 Å². The number of nitrogens with zero attached hydrogens (tertiary/aromatic N) is 4. The van der Waals surface area contributed by atoms with Gasteiger partial charge >= 0.3 is 0 Å².